The van der Waals surface area contributed by atoms with Gasteiger partial charge in [0.2, 0.25) is 5.91 Å². The maximum absolute atomic E-state index is 12.6. The number of carbonyl (C=O) groups is 2. The summed E-state index contributed by atoms with van der Waals surface area (Å²) >= 11 is 1.43. The van der Waals surface area contributed by atoms with Gasteiger partial charge >= 0.3 is 6.09 Å². The van der Waals surface area contributed by atoms with Gasteiger partial charge in [0.15, 0.2) is 5.13 Å². The molecule has 2 heterocycles. The first kappa shape index (κ1) is 16.0. The van der Waals surface area contributed by atoms with Crippen LogP contribution in [0.4, 0.5) is 9.93 Å². The van der Waals surface area contributed by atoms with Gasteiger partial charge in [-0.05, 0) is 26.2 Å². The van der Waals surface area contributed by atoms with Crippen molar-refractivity contribution in [3.8, 4) is 0 Å². The Morgan fingerprint density at radius 1 is 1.48 bits per heavy atom. The zero-order valence-corrected chi connectivity index (χ0v) is 14.0. The number of nitrogens with one attached hydrogen (secondary N) is 1. The van der Waals surface area contributed by atoms with Crippen LogP contribution in [0.3, 0.4) is 0 Å². The van der Waals surface area contributed by atoms with Crippen molar-refractivity contribution in [2.75, 3.05) is 18.5 Å². The van der Waals surface area contributed by atoms with Gasteiger partial charge in [-0.15, -0.1) is 0 Å². The number of ether oxygens (including phenoxy) is 1. The number of nitrogens with zero attached hydrogens (tertiary/aromatic N) is 2. The average molecular weight is 335 g/mol. The number of anilines is 1. The van der Waals surface area contributed by atoms with Crippen molar-refractivity contribution in [1.29, 1.82) is 0 Å². The minimum atomic E-state index is -0.486. The molecule has 3 rings (SSSR count). The van der Waals surface area contributed by atoms with E-state index in [9.17, 15) is 9.59 Å². The first-order valence-corrected chi connectivity index (χ1v) is 8.85. The van der Waals surface area contributed by atoms with E-state index < -0.39 is 6.09 Å². The van der Waals surface area contributed by atoms with Crippen molar-refractivity contribution in [1.82, 2.24) is 9.88 Å². The second-order valence-corrected chi connectivity index (χ2v) is 6.81. The SMILES string of the molecule is CCOC(=O)Nc1nc2c(s1)CN(C(=O)[C@H]1CC=CCC1)CC2. The summed E-state index contributed by atoms with van der Waals surface area (Å²) in [5, 5.41) is 3.19. The van der Waals surface area contributed by atoms with Gasteiger partial charge < -0.3 is 9.64 Å². The predicted molar refractivity (Wildman–Crippen MR) is 88.4 cm³/mol. The molecule has 2 amide bonds. The molecule has 1 aliphatic heterocycles. The number of carbonyl (C=O) groups excluding carboxylic acids is 2. The number of aromatic nitrogens is 1. The molecule has 1 aromatic rings. The van der Waals surface area contributed by atoms with E-state index in [0.717, 1.165) is 36.3 Å². The molecule has 124 valence electrons. The van der Waals surface area contributed by atoms with Crippen molar-refractivity contribution >= 4 is 28.5 Å². The lowest BCUT2D eigenvalue weighted by Gasteiger charge is -2.30. The van der Waals surface area contributed by atoms with Crippen LogP contribution < -0.4 is 5.32 Å². The first-order chi connectivity index (χ1) is 11.2. The highest BCUT2D eigenvalue weighted by atomic mass is 32.1. The van der Waals surface area contributed by atoms with E-state index in [1.165, 1.54) is 11.3 Å². The molecule has 1 aliphatic carbocycles. The quantitative estimate of drug-likeness (QED) is 0.862. The number of hydrogen-bond acceptors (Lipinski definition) is 5. The molecule has 23 heavy (non-hydrogen) atoms. The summed E-state index contributed by atoms with van der Waals surface area (Å²) in [4.78, 5) is 31.5. The standard InChI is InChI=1S/C16H21N3O3S/c1-2-22-16(21)18-15-17-12-8-9-19(10-13(12)23-15)14(20)11-6-4-3-5-7-11/h3-4,11H,2,5-10H2,1H3,(H,17,18,21)/t11-/m0/s1. The fourth-order valence-corrected chi connectivity index (χ4v) is 3.98. The molecule has 1 N–H and O–H groups in total. The zero-order chi connectivity index (χ0) is 16.2. The van der Waals surface area contributed by atoms with Crippen LogP contribution in [-0.2, 0) is 22.5 Å². The zero-order valence-electron chi connectivity index (χ0n) is 13.2. The number of fused-ring (bicyclic) bond motifs is 1. The van der Waals surface area contributed by atoms with Crippen molar-refractivity contribution in [3.63, 3.8) is 0 Å². The Bertz CT molecular complexity index is 626. The molecular formula is C16H21N3O3S. The number of thiazole rings is 1. The van der Waals surface area contributed by atoms with Crippen molar-refractivity contribution < 1.29 is 14.3 Å². The minimum absolute atomic E-state index is 0.117. The highest BCUT2D eigenvalue weighted by Crippen LogP contribution is 2.30. The van der Waals surface area contributed by atoms with Gasteiger partial charge in [-0.2, -0.15) is 0 Å². The maximum Gasteiger partial charge on any atom is 0.413 e. The van der Waals surface area contributed by atoms with Crippen LogP contribution in [0.1, 0.15) is 36.8 Å². The molecule has 0 unspecified atom stereocenters. The van der Waals surface area contributed by atoms with E-state index in [4.69, 9.17) is 4.74 Å². The molecule has 0 aromatic carbocycles. The van der Waals surface area contributed by atoms with Crippen LogP contribution in [0.15, 0.2) is 12.2 Å². The third kappa shape index (κ3) is 3.72. The summed E-state index contributed by atoms with van der Waals surface area (Å²) < 4.78 is 4.86. The molecule has 0 fully saturated rings. The Morgan fingerprint density at radius 3 is 3.09 bits per heavy atom. The largest absolute Gasteiger partial charge is 0.450 e. The highest BCUT2D eigenvalue weighted by molar-refractivity contribution is 7.15. The lowest BCUT2D eigenvalue weighted by Crippen LogP contribution is -2.39. The van der Waals surface area contributed by atoms with E-state index in [2.05, 4.69) is 22.5 Å². The molecule has 0 radical (unpaired) electrons. The van der Waals surface area contributed by atoms with Gasteiger partial charge in [0, 0.05) is 23.8 Å². The van der Waals surface area contributed by atoms with Gasteiger partial charge in [0.1, 0.15) is 0 Å². The summed E-state index contributed by atoms with van der Waals surface area (Å²) in [5.41, 5.74) is 0.981. The third-order valence-corrected chi connectivity index (χ3v) is 5.14. The summed E-state index contributed by atoms with van der Waals surface area (Å²) in [5.74, 6) is 0.361. The molecule has 0 spiro atoms. The smallest absolute Gasteiger partial charge is 0.413 e. The highest BCUT2D eigenvalue weighted by Gasteiger charge is 2.29. The molecule has 0 bridgehead atoms. The Morgan fingerprint density at radius 2 is 2.35 bits per heavy atom. The van der Waals surface area contributed by atoms with Crippen LogP contribution in [0.5, 0.6) is 0 Å². The summed E-state index contributed by atoms with van der Waals surface area (Å²) in [7, 11) is 0. The van der Waals surface area contributed by atoms with E-state index in [0.29, 0.717) is 24.8 Å². The number of allylic oxidation sites excluding steroid dienone is 2. The van der Waals surface area contributed by atoms with Crippen LogP contribution in [-0.4, -0.2) is 35.0 Å². The van der Waals surface area contributed by atoms with E-state index >= 15 is 0 Å². The van der Waals surface area contributed by atoms with Crippen molar-refractivity contribution in [2.45, 2.75) is 39.2 Å². The number of hydrogen-bond donors (Lipinski definition) is 1. The van der Waals surface area contributed by atoms with Gasteiger partial charge in [-0.25, -0.2) is 9.78 Å². The Hall–Kier alpha value is -1.89. The Labute approximate surface area is 139 Å². The Kier molecular flexibility index (Phi) is 4.95. The number of amides is 2. The fraction of sp³-hybridized carbons (Fsp3) is 0.562. The van der Waals surface area contributed by atoms with Gasteiger partial charge in [-0.1, -0.05) is 23.5 Å². The van der Waals surface area contributed by atoms with Crippen molar-refractivity contribution in [2.24, 2.45) is 5.92 Å². The lowest BCUT2D eigenvalue weighted by molar-refractivity contribution is -0.136. The normalized spacial score (nSPS) is 20.0. The average Bonchev–Trinajstić information content (AvgIpc) is 2.96. The molecule has 6 nitrogen and oxygen atoms in total. The number of rotatable bonds is 3. The van der Waals surface area contributed by atoms with Gasteiger partial charge in [0.25, 0.3) is 0 Å². The third-order valence-electron chi connectivity index (χ3n) is 4.15. The van der Waals surface area contributed by atoms with Gasteiger partial charge in [0.05, 0.1) is 18.8 Å². The summed E-state index contributed by atoms with van der Waals surface area (Å²) in [6.07, 6.45) is 7.29. The fourth-order valence-electron chi connectivity index (χ4n) is 2.97. The molecule has 0 saturated carbocycles. The molecule has 1 aromatic heterocycles. The molecular weight excluding hydrogens is 314 g/mol. The maximum atomic E-state index is 12.6. The van der Waals surface area contributed by atoms with Crippen LogP contribution in [0.2, 0.25) is 0 Å². The molecule has 0 saturated heterocycles. The summed E-state index contributed by atoms with van der Waals surface area (Å²) in [6.45, 7) is 3.39. The van der Waals surface area contributed by atoms with E-state index in [1.54, 1.807) is 6.92 Å². The van der Waals surface area contributed by atoms with Crippen LogP contribution in [0.25, 0.3) is 0 Å². The van der Waals surface area contributed by atoms with Gasteiger partial charge in [-0.3, -0.25) is 10.1 Å². The summed E-state index contributed by atoms with van der Waals surface area (Å²) in [6, 6.07) is 0. The van der Waals surface area contributed by atoms with Crippen LogP contribution >= 0.6 is 11.3 Å². The Balaban J connectivity index is 1.64. The van der Waals surface area contributed by atoms with E-state index in [1.807, 2.05) is 4.90 Å². The second kappa shape index (κ2) is 7.12. The van der Waals surface area contributed by atoms with E-state index in [-0.39, 0.29) is 11.8 Å². The van der Waals surface area contributed by atoms with Crippen molar-refractivity contribution in [3.05, 3.63) is 22.7 Å². The molecule has 2 aliphatic rings. The first-order valence-electron chi connectivity index (χ1n) is 8.03. The monoisotopic (exact) mass is 335 g/mol. The minimum Gasteiger partial charge on any atom is -0.450 e. The lowest BCUT2D eigenvalue weighted by atomic mass is 9.92. The molecule has 7 heteroatoms. The predicted octanol–water partition coefficient (Wildman–Crippen LogP) is 2.95. The van der Waals surface area contributed by atoms with Crippen LogP contribution in [0, 0.1) is 5.92 Å². The second-order valence-electron chi connectivity index (χ2n) is 5.73. The molecule has 1 atom stereocenters. The topological polar surface area (TPSA) is 71.5 Å².